The largest absolute Gasteiger partial charge is 0.475 e. The Labute approximate surface area is 193 Å². The highest BCUT2D eigenvalue weighted by Crippen LogP contribution is 2.38. The lowest BCUT2D eigenvalue weighted by Crippen LogP contribution is -2.39. The minimum Gasteiger partial charge on any atom is -0.475 e. The van der Waals surface area contributed by atoms with Gasteiger partial charge < -0.3 is 29.6 Å². The van der Waals surface area contributed by atoms with Crippen LogP contribution < -0.4 is 29.6 Å². The number of nitrogens with one attached hydrogen (secondary N) is 2. The lowest BCUT2D eigenvalue weighted by Gasteiger charge is -2.15. The molecule has 8 nitrogen and oxygen atoms in total. The first kappa shape index (κ1) is 24.0. The normalized spacial score (nSPS) is 12.4. The molecular weight excluding hydrogens is 537 g/mol. The van der Waals surface area contributed by atoms with Crippen molar-refractivity contribution in [3.63, 3.8) is 0 Å². The van der Waals surface area contributed by atoms with Crippen LogP contribution in [0.3, 0.4) is 0 Å². The van der Waals surface area contributed by atoms with Crippen molar-refractivity contribution in [3.05, 3.63) is 41.0 Å². The summed E-state index contributed by atoms with van der Waals surface area (Å²) < 4.78 is 46.0. The summed E-state index contributed by atoms with van der Waals surface area (Å²) in [6.07, 6.45) is 1.58. The van der Waals surface area contributed by atoms with Crippen LogP contribution in [0.5, 0.6) is 23.1 Å². The number of pyridine rings is 1. The van der Waals surface area contributed by atoms with E-state index >= 15 is 0 Å². The van der Waals surface area contributed by atoms with Gasteiger partial charge >= 0.3 is 6.61 Å². The Hall–Kier alpha value is -2.28. The number of aliphatic imine (C=N–C) groups is 1. The van der Waals surface area contributed by atoms with Gasteiger partial charge in [-0.25, -0.2) is 4.98 Å². The summed E-state index contributed by atoms with van der Waals surface area (Å²) >= 11 is 5.97. The SMILES string of the molecule is CN=C(NCCOc1ncccc1Cl)NCc1cc2c(cc1OC(F)F)OCO2.I. The molecule has 12 heteroatoms. The molecule has 1 aliphatic rings. The number of ether oxygens (including phenoxy) is 4. The minimum atomic E-state index is -2.96. The summed E-state index contributed by atoms with van der Waals surface area (Å²) in [5, 5.41) is 6.48. The summed E-state index contributed by atoms with van der Waals surface area (Å²) in [6.45, 7) is -2.05. The van der Waals surface area contributed by atoms with Gasteiger partial charge in [-0.1, -0.05) is 11.6 Å². The maximum Gasteiger partial charge on any atom is 0.387 e. The molecule has 2 heterocycles. The molecule has 0 amide bonds. The molecule has 164 valence electrons. The zero-order valence-electron chi connectivity index (χ0n) is 15.9. The number of halogens is 4. The van der Waals surface area contributed by atoms with Crippen molar-refractivity contribution in [3.8, 4) is 23.1 Å². The van der Waals surface area contributed by atoms with Crippen molar-refractivity contribution in [2.45, 2.75) is 13.2 Å². The highest BCUT2D eigenvalue weighted by atomic mass is 127. The van der Waals surface area contributed by atoms with Crippen LogP contribution in [-0.2, 0) is 6.54 Å². The quantitative estimate of drug-likeness (QED) is 0.223. The molecule has 0 unspecified atom stereocenters. The van der Waals surface area contributed by atoms with Crippen LogP contribution >= 0.6 is 35.6 Å². The van der Waals surface area contributed by atoms with E-state index in [0.29, 0.717) is 47.1 Å². The number of aromatic nitrogens is 1. The first-order chi connectivity index (χ1) is 14.1. The van der Waals surface area contributed by atoms with E-state index in [1.807, 2.05) is 0 Å². The monoisotopic (exact) mass is 556 g/mol. The zero-order chi connectivity index (χ0) is 20.6. The van der Waals surface area contributed by atoms with Gasteiger partial charge in [-0.15, -0.1) is 24.0 Å². The maximum atomic E-state index is 12.7. The number of hydrogen-bond acceptors (Lipinski definition) is 6. The fourth-order valence-corrected chi connectivity index (χ4v) is 2.68. The molecule has 0 aliphatic carbocycles. The number of hydrogen-bond donors (Lipinski definition) is 2. The Morgan fingerprint density at radius 2 is 2.07 bits per heavy atom. The Balaban J connectivity index is 0.00000320. The van der Waals surface area contributed by atoms with Gasteiger partial charge in [0.1, 0.15) is 17.4 Å². The fraction of sp³-hybridized carbons (Fsp3) is 0.333. The maximum absolute atomic E-state index is 12.7. The Morgan fingerprint density at radius 3 is 2.77 bits per heavy atom. The second-order valence-electron chi connectivity index (χ2n) is 5.68. The molecule has 0 atom stereocenters. The van der Waals surface area contributed by atoms with E-state index in [4.69, 9.17) is 25.8 Å². The topological polar surface area (TPSA) is 86.2 Å². The van der Waals surface area contributed by atoms with E-state index in [0.717, 1.165) is 0 Å². The van der Waals surface area contributed by atoms with E-state index in [9.17, 15) is 8.78 Å². The van der Waals surface area contributed by atoms with E-state index < -0.39 is 6.61 Å². The Morgan fingerprint density at radius 1 is 1.30 bits per heavy atom. The van der Waals surface area contributed by atoms with Crippen LogP contribution in [0.1, 0.15) is 5.56 Å². The molecule has 1 aliphatic heterocycles. The predicted molar refractivity (Wildman–Crippen MR) is 118 cm³/mol. The molecule has 2 N–H and O–H groups in total. The summed E-state index contributed by atoms with van der Waals surface area (Å²) in [4.78, 5) is 8.11. The average molecular weight is 557 g/mol. The van der Waals surface area contributed by atoms with E-state index in [-0.39, 0.29) is 43.1 Å². The van der Waals surface area contributed by atoms with Crippen molar-refractivity contribution >= 4 is 41.5 Å². The lowest BCUT2D eigenvalue weighted by atomic mass is 10.1. The van der Waals surface area contributed by atoms with Crippen molar-refractivity contribution in [2.75, 3.05) is 27.0 Å². The number of guanidine groups is 1. The van der Waals surface area contributed by atoms with Gasteiger partial charge in [0.05, 0.1) is 6.54 Å². The van der Waals surface area contributed by atoms with Crippen LogP contribution in [0.4, 0.5) is 8.78 Å². The second-order valence-corrected chi connectivity index (χ2v) is 6.09. The molecule has 30 heavy (non-hydrogen) atoms. The highest BCUT2D eigenvalue weighted by Gasteiger charge is 2.20. The third kappa shape index (κ3) is 6.62. The van der Waals surface area contributed by atoms with E-state index in [1.54, 1.807) is 31.4 Å². The molecule has 0 saturated carbocycles. The molecule has 0 spiro atoms. The molecule has 0 saturated heterocycles. The first-order valence-corrected chi connectivity index (χ1v) is 8.99. The number of nitrogens with zero attached hydrogens (tertiary/aromatic N) is 2. The van der Waals surface area contributed by atoms with Crippen molar-refractivity contribution in [1.82, 2.24) is 15.6 Å². The van der Waals surface area contributed by atoms with Crippen LogP contribution in [0.2, 0.25) is 5.02 Å². The van der Waals surface area contributed by atoms with Crippen molar-refractivity contribution in [1.29, 1.82) is 0 Å². The Kier molecular flexibility index (Phi) is 9.43. The summed E-state index contributed by atoms with van der Waals surface area (Å²) in [7, 11) is 1.59. The third-order valence-corrected chi connectivity index (χ3v) is 4.09. The molecule has 0 bridgehead atoms. The standard InChI is InChI=1S/C18H19ClF2N4O4.HI/c1-22-18(24-5-6-26-16-12(19)3-2-4-23-16)25-9-11-7-14-15(28-10-27-14)8-13(11)29-17(20)21;/h2-4,7-8,17H,5-6,9-10H2,1H3,(H2,22,24,25);1H. The van der Waals surface area contributed by atoms with Crippen LogP contribution in [0, 0.1) is 0 Å². The predicted octanol–water partition coefficient (Wildman–Crippen LogP) is 3.43. The van der Waals surface area contributed by atoms with Gasteiger partial charge in [0.15, 0.2) is 17.5 Å². The molecule has 1 aromatic heterocycles. The van der Waals surface area contributed by atoms with Crippen LogP contribution in [0.15, 0.2) is 35.5 Å². The summed E-state index contributed by atoms with van der Waals surface area (Å²) in [6, 6.07) is 6.36. The number of alkyl halides is 2. The van der Waals surface area contributed by atoms with Gasteiger partial charge in [-0.2, -0.15) is 8.78 Å². The first-order valence-electron chi connectivity index (χ1n) is 8.62. The van der Waals surface area contributed by atoms with Crippen LogP contribution in [0.25, 0.3) is 0 Å². The zero-order valence-corrected chi connectivity index (χ0v) is 18.9. The second kappa shape index (κ2) is 11.8. The molecule has 0 fully saturated rings. The summed E-state index contributed by atoms with van der Waals surface area (Å²) in [5.74, 6) is 1.61. The smallest absolute Gasteiger partial charge is 0.387 e. The molecule has 3 rings (SSSR count). The molecule has 2 aromatic rings. The Bertz CT molecular complexity index is 876. The van der Waals surface area contributed by atoms with Crippen molar-refractivity contribution in [2.24, 2.45) is 4.99 Å². The van der Waals surface area contributed by atoms with E-state index in [1.165, 1.54) is 6.07 Å². The summed E-state index contributed by atoms with van der Waals surface area (Å²) in [5.41, 5.74) is 0.467. The lowest BCUT2D eigenvalue weighted by molar-refractivity contribution is -0.0505. The van der Waals surface area contributed by atoms with Gasteiger partial charge in [0.25, 0.3) is 0 Å². The van der Waals surface area contributed by atoms with E-state index in [2.05, 4.69) is 25.3 Å². The molecule has 0 radical (unpaired) electrons. The van der Waals surface area contributed by atoms with Gasteiger partial charge in [-0.3, -0.25) is 4.99 Å². The molecular formula is C18H20ClF2IN4O4. The van der Waals surface area contributed by atoms with Gasteiger partial charge in [-0.05, 0) is 18.2 Å². The number of rotatable bonds is 8. The minimum absolute atomic E-state index is 0. The fourth-order valence-electron chi connectivity index (χ4n) is 2.50. The highest BCUT2D eigenvalue weighted by molar-refractivity contribution is 14.0. The molecule has 1 aromatic carbocycles. The number of benzene rings is 1. The van der Waals surface area contributed by atoms with Crippen molar-refractivity contribution < 1.29 is 27.7 Å². The average Bonchev–Trinajstić information content (AvgIpc) is 3.15. The van der Waals surface area contributed by atoms with Crippen LogP contribution in [-0.4, -0.2) is 44.5 Å². The third-order valence-electron chi connectivity index (χ3n) is 3.80. The number of fused-ring (bicyclic) bond motifs is 1. The van der Waals surface area contributed by atoms with Gasteiger partial charge in [0.2, 0.25) is 12.7 Å². The van der Waals surface area contributed by atoms with Gasteiger partial charge in [0, 0.05) is 31.4 Å².